The van der Waals surface area contributed by atoms with E-state index in [1.807, 2.05) is 0 Å². The molecule has 0 spiro atoms. The third-order valence-electron chi connectivity index (χ3n) is 4.33. The minimum Gasteiger partial charge on any atom is -0.231 e. The zero-order chi connectivity index (χ0) is 23.3. The summed E-state index contributed by atoms with van der Waals surface area (Å²) >= 11 is 0. The molecule has 0 bridgehead atoms. The lowest BCUT2D eigenvalue weighted by Gasteiger charge is -2.13. The van der Waals surface area contributed by atoms with Crippen LogP contribution in [-0.2, 0) is 14.3 Å². The Bertz CT molecular complexity index is 535. The third kappa shape index (κ3) is 18.1. The van der Waals surface area contributed by atoms with Crippen LogP contribution in [0.1, 0.15) is 89.9 Å². The van der Waals surface area contributed by atoms with Crippen LogP contribution >= 0.6 is 0 Å². The largest absolute Gasteiger partial charge is 0.389 e. The van der Waals surface area contributed by atoms with Crippen LogP contribution in [0.3, 0.4) is 0 Å². The lowest BCUT2D eigenvalue weighted by Crippen LogP contribution is -2.23. The molecule has 0 aromatic rings. The van der Waals surface area contributed by atoms with Gasteiger partial charge in [0.1, 0.15) is 0 Å². The first-order valence-electron chi connectivity index (χ1n) is 10.1. The molecule has 0 aromatic heterocycles. The molecule has 0 aromatic carbocycles. The lowest BCUT2D eigenvalue weighted by atomic mass is 10.1. The van der Waals surface area contributed by atoms with Crippen LogP contribution in [0, 0.1) is 0 Å². The van der Waals surface area contributed by atoms with Crippen molar-refractivity contribution in [3.8, 4) is 0 Å². The number of hydrogen-bond acceptors (Lipinski definition) is 3. The Balaban J connectivity index is 3.84. The Kier molecular flexibility index (Phi) is 14.1. The number of halogens is 8. The van der Waals surface area contributed by atoms with Crippen molar-refractivity contribution < 1.29 is 47.7 Å². The van der Waals surface area contributed by atoms with Gasteiger partial charge >= 0.3 is 22.5 Å². The van der Waals surface area contributed by atoms with Crippen LogP contribution in [-0.4, -0.2) is 32.6 Å². The molecule has 0 N–H and O–H groups in total. The van der Waals surface area contributed by atoms with E-state index in [1.165, 1.54) is 0 Å². The van der Waals surface area contributed by atoms with E-state index in [9.17, 15) is 43.5 Å². The highest BCUT2D eigenvalue weighted by Crippen LogP contribution is 2.25. The second-order valence-corrected chi connectivity index (χ2v) is 8.94. The number of hydrogen-bond donors (Lipinski definition) is 0. The molecule has 0 aliphatic carbocycles. The van der Waals surface area contributed by atoms with E-state index in [0.717, 1.165) is 0 Å². The first kappa shape index (κ1) is 29.4. The number of rotatable bonds is 17. The smallest absolute Gasteiger partial charge is 0.231 e. The van der Waals surface area contributed by atoms with Crippen molar-refractivity contribution in [2.75, 3.05) is 0 Å². The van der Waals surface area contributed by atoms with Gasteiger partial charge in [-0.05, 0) is 32.1 Å². The van der Waals surface area contributed by atoms with E-state index in [2.05, 4.69) is 4.18 Å². The van der Waals surface area contributed by atoms with Crippen molar-refractivity contribution in [2.45, 2.75) is 114 Å². The maximum absolute atomic E-state index is 13.8. The summed E-state index contributed by atoms with van der Waals surface area (Å²) in [4.78, 5) is 0. The van der Waals surface area contributed by atoms with Gasteiger partial charge in [-0.3, -0.25) is 0 Å². The molecule has 0 saturated heterocycles. The summed E-state index contributed by atoms with van der Waals surface area (Å²) in [6.07, 6.45) is -10.8. The third-order valence-corrected chi connectivity index (χ3v) is 5.67. The molecule has 2 unspecified atom stereocenters. The van der Waals surface area contributed by atoms with Crippen molar-refractivity contribution in [1.29, 1.82) is 0 Å². The van der Waals surface area contributed by atoms with Gasteiger partial charge in [0.15, 0.2) is 0 Å². The Morgan fingerprint density at radius 1 is 0.600 bits per heavy atom. The fourth-order valence-electron chi connectivity index (χ4n) is 2.72. The standard InChI is InChI=1S/C18H30F8O3S/c19-15(11-7-3-1-5-9-13-17(21,22)23)29-30(27,28)16(20)12-8-4-2-6-10-14-18(24,25)26/h15-16H,1-14H2. The summed E-state index contributed by atoms with van der Waals surface area (Å²) in [5.74, 6) is 0. The highest BCUT2D eigenvalue weighted by Gasteiger charge is 2.29. The van der Waals surface area contributed by atoms with Gasteiger partial charge in [0.2, 0.25) is 11.9 Å². The minimum absolute atomic E-state index is 0.0285. The Morgan fingerprint density at radius 3 is 1.40 bits per heavy atom. The molecule has 0 radical (unpaired) electrons. The predicted molar refractivity (Wildman–Crippen MR) is 96.5 cm³/mol. The second-order valence-electron chi connectivity index (χ2n) is 7.25. The highest BCUT2D eigenvalue weighted by atomic mass is 32.2. The van der Waals surface area contributed by atoms with E-state index in [-0.39, 0.29) is 32.1 Å². The van der Waals surface area contributed by atoms with Crippen molar-refractivity contribution in [3.63, 3.8) is 0 Å². The number of unbranched alkanes of at least 4 members (excludes halogenated alkanes) is 8. The molecule has 3 nitrogen and oxygen atoms in total. The molecule has 0 rings (SSSR count). The van der Waals surface area contributed by atoms with Crippen LogP contribution in [0.4, 0.5) is 35.1 Å². The van der Waals surface area contributed by atoms with Crippen molar-refractivity contribution >= 4 is 10.1 Å². The molecule has 0 heterocycles. The topological polar surface area (TPSA) is 43.4 Å². The van der Waals surface area contributed by atoms with Gasteiger partial charge in [-0.25, -0.2) is 13.0 Å². The van der Waals surface area contributed by atoms with Crippen LogP contribution < -0.4 is 0 Å². The zero-order valence-corrected chi connectivity index (χ0v) is 17.5. The lowest BCUT2D eigenvalue weighted by molar-refractivity contribution is -0.136. The molecule has 0 aliphatic rings. The maximum atomic E-state index is 13.8. The fraction of sp³-hybridized carbons (Fsp3) is 1.00. The summed E-state index contributed by atoms with van der Waals surface area (Å²) in [7, 11) is -4.76. The first-order valence-corrected chi connectivity index (χ1v) is 11.5. The number of alkyl halides is 8. The van der Waals surface area contributed by atoms with Gasteiger partial charge < -0.3 is 0 Å². The van der Waals surface area contributed by atoms with E-state index in [1.54, 1.807) is 0 Å². The van der Waals surface area contributed by atoms with E-state index < -0.39 is 53.6 Å². The summed E-state index contributed by atoms with van der Waals surface area (Å²) in [6.45, 7) is 0. The Hall–Kier alpha value is -0.650. The van der Waals surface area contributed by atoms with Crippen LogP contribution in [0.15, 0.2) is 0 Å². The Labute approximate surface area is 172 Å². The van der Waals surface area contributed by atoms with Gasteiger partial charge in [0.25, 0.3) is 0 Å². The van der Waals surface area contributed by atoms with Gasteiger partial charge in [0.05, 0.1) is 0 Å². The summed E-state index contributed by atoms with van der Waals surface area (Å²) in [6, 6.07) is 0. The summed E-state index contributed by atoms with van der Waals surface area (Å²) < 4.78 is 127. The zero-order valence-electron chi connectivity index (χ0n) is 16.7. The van der Waals surface area contributed by atoms with Gasteiger partial charge in [0, 0.05) is 19.3 Å². The van der Waals surface area contributed by atoms with Crippen molar-refractivity contribution in [2.24, 2.45) is 0 Å². The summed E-state index contributed by atoms with van der Waals surface area (Å²) in [5.41, 5.74) is -2.42. The van der Waals surface area contributed by atoms with Crippen molar-refractivity contribution in [3.05, 3.63) is 0 Å². The Morgan fingerprint density at radius 2 is 0.967 bits per heavy atom. The predicted octanol–water partition coefficient (Wildman–Crippen LogP) is 7.51. The molecule has 0 fully saturated rings. The molecule has 0 saturated carbocycles. The molecule has 30 heavy (non-hydrogen) atoms. The highest BCUT2D eigenvalue weighted by molar-refractivity contribution is 7.87. The molecule has 0 amide bonds. The minimum atomic E-state index is -4.76. The van der Waals surface area contributed by atoms with Gasteiger partial charge in [-0.15, -0.1) is 0 Å². The quantitative estimate of drug-likeness (QED) is 0.123. The van der Waals surface area contributed by atoms with E-state index in [4.69, 9.17) is 0 Å². The molecular formula is C18H30F8O3S. The van der Waals surface area contributed by atoms with Gasteiger partial charge in [-0.2, -0.15) is 34.8 Å². The molecule has 0 aliphatic heterocycles. The van der Waals surface area contributed by atoms with Crippen LogP contribution in [0.2, 0.25) is 0 Å². The van der Waals surface area contributed by atoms with Crippen LogP contribution in [0.25, 0.3) is 0 Å². The average molecular weight is 478 g/mol. The molecule has 12 heteroatoms. The van der Waals surface area contributed by atoms with E-state index >= 15 is 0 Å². The molecular weight excluding hydrogens is 448 g/mol. The van der Waals surface area contributed by atoms with Crippen molar-refractivity contribution in [1.82, 2.24) is 0 Å². The normalized spacial score (nSPS) is 15.3. The monoisotopic (exact) mass is 478 g/mol. The van der Waals surface area contributed by atoms with Crippen LogP contribution in [0.5, 0.6) is 0 Å². The molecule has 2 atom stereocenters. The fourth-order valence-corrected chi connectivity index (χ4v) is 3.68. The molecule has 182 valence electrons. The van der Waals surface area contributed by atoms with Gasteiger partial charge in [-0.1, -0.05) is 38.5 Å². The SMILES string of the molecule is O=S(=O)(OC(F)CCCCCCCC(F)(F)F)C(F)CCCCCCCC(F)(F)F. The average Bonchev–Trinajstić information content (AvgIpc) is 2.57. The summed E-state index contributed by atoms with van der Waals surface area (Å²) in [5, 5.41) is 0. The maximum Gasteiger partial charge on any atom is 0.389 e. The first-order chi connectivity index (χ1) is 13.7. The second kappa shape index (κ2) is 14.4. The van der Waals surface area contributed by atoms with E-state index in [0.29, 0.717) is 38.5 Å².